The van der Waals surface area contributed by atoms with Crippen LogP contribution in [0.5, 0.6) is 0 Å². The first-order chi connectivity index (χ1) is 9.71. The molecular weight excluding hydrogens is 406 g/mol. The van der Waals surface area contributed by atoms with Crippen LogP contribution >= 0.6 is 24.0 Å². The molecule has 0 atom stereocenters. The molecule has 0 spiro atoms. The van der Waals surface area contributed by atoms with E-state index >= 15 is 0 Å². The lowest BCUT2D eigenvalue weighted by Crippen LogP contribution is -2.35. The van der Waals surface area contributed by atoms with Gasteiger partial charge in [-0.25, -0.2) is 4.99 Å². The number of benzene rings is 1. The molecule has 122 valence electrons. The van der Waals surface area contributed by atoms with Crippen molar-refractivity contribution in [3.8, 4) is 11.8 Å². The molecule has 0 radical (unpaired) electrons. The Bertz CT molecular complexity index is 542. The number of hydrogen-bond acceptors (Lipinski definition) is 1. The van der Waals surface area contributed by atoms with Gasteiger partial charge in [-0.05, 0) is 24.3 Å². The van der Waals surface area contributed by atoms with E-state index in [9.17, 15) is 13.2 Å². The minimum absolute atomic E-state index is 0. The first kappa shape index (κ1) is 20.6. The summed E-state index contributed by atoms with van der Waals surface area (Å²) in [5.74, 6) is 6.40. The number of alkyl halides is 3. The van der Waals surface area contributed by atoms with Crippen molar-refractivity contribution in [3.05, 3.63) is 35.4 Å². The highest BCUT2D eigenvalue weighted by atomic mass is 127. The quantitative estimate of drug-likeness (QED) is 0.298. The van der Waals surface area contributed by atoms with Crippen molar-refractivity contribution in [1.29, 1.82) is 0 Å². The van der Waals surface area contributed by atoms with Crippen LogP contribution in [0.1, 0.15) is 11.1 Å². The van der Waals surface area contributed by atoms with Crippen molar-refractivity contribution in [3.63, 3.8) is 0 Å². The van der Waals surface area contributed by atoms with E-state index < -0.39 is 11.7 Å². The van der Waals surface area contributed by atoms with Gasteiger partial charge in [-0.3, -0.25) is 0 Å². The zero-order valence-electron chi connectivity index (χ0n) is 12.9. The highest BCUT2D eigenvalue weighted by Crippen LogP contribution is 2.28. The summed E-state index contributed by atoms with van der Waals surface area (Å²) in [6.45, 7) is 0.284. The Balaban J connectivity index is 0.00000441. The van der Waals surface area contributed by atoms with E-state index in [2.05, 4.69) is 16.8 Å². The second-order valence-electron chi connectivity index (χ2n) is 4.78. The maximum absolute atomic E-state index is 12.4. The molecule has 0 N–H and O–H groups in total. The van der Waals surface area contributed by atoms with Crippen molar-refractivity contribution >= 4 is 29.9 Å². The van der Waals surface area contributed by atoms with Crippen LogP contribution in [-0.2, 0) is 6.18 Å². The molecule has 0 aliphatic rings. The molecule has 0 saturated carbocycles. The van der Waals surface area contributed by atoms with E-state index in [4.69, 9.17) is 0 Å². The van der Waals surface area contributed by atoms with Crippen LogP contribution in [-0.4, -0.2) is 50.5 Å². The maximum atomic E-state index is 12.4. The van der Waals surface area contributed by atoms with Crippen molar-refractivity contribution in [2.45, 2.75) is 6.18 Å². The van der Waals surface area contributed by atoms with Crippen LogP contribution in [0.2, 0.25) is 0 Å². The molecule has 3 nitrogen and oxygen atoms in total. The SMILES string of the molecule is CN(C)C(=NCC#Cc1ccc(C(F)(F)F)cc1)N(C)C.I. The largest absolute Gasteiger partial charge is 0.416 e. The van der Waals surface area contributed by atoms with Gasteiger partial charge < -0.3 is 9.80 Å². The van der Waals surface area contributed by atoms with Crippen LogP contribution in [0.25, 0.3) is 0 Å². The molecular formula is C15H19F3IN3. The second kappa shape index (κ2) is 8.88. The van der Waals surface area contributed by atoms with Gasteiger partial charge in [-0.2, -0.15) is 13.2 Å². The molecule has 0 bridgehead atoms. The fraction of sp³-hybridized carbons (Fsp3) is 0.400. The highest BCUT2D eigenvalue weighted by molar-refractivity contribution is 14.0. The van der Waals surface area contributed by atoms with Crippen LogP contribution in [0.4, 0.5) is 13.2 Å². The summed E-state index contributed by atoms with van der Waals surface area (Å²) in [7, 11) is 7.51. The summed E-state index contributed by atoms with van der Waals surface area (Å²) < 4.78 is 37.2. The molecule has 0 amide bonds. The van der Waals surface area contributed by atoms with Gasteiger partial charge in [-0.1, -0.05) is 11.8 Å². The van der Waals surface area contributed by atoms with Crippen LogP contribution < -0.4 is 0 Å². The average molecular weight is 425 g/mol. The molecule has 22 heavy (non-hydrogen) atoms. The Labute approximate surface area is 146 Å². The molecule has 0 saturated heterocycles. The lowest BCUT2D eigenvalue weighted by molar-refractivity contribution is -0.137. The molecule has 0 aliphatic heterocycles. The van der Waals surface area contributed by atoms with Gasteiger partial charge in [-0.15, -0.1) is 24.0 Å². The van der Waals surface area contributed by atoms with Crippen molar-refractivity contribution in [2.24, 2.45) is 4.99 Å². The number of hydrogen-bond donors (Lipinski definition) is 0. The number of rotatable bonds is 1. The predicted molar refractivity (Wildman–Crippen MR) is 93.4 cm³/mol. The summed E-state index contributed by atoms with van der Waals surface area (Å²) in [5, 5.41) is 0. The standard InChI is InChI=1S/C15H18F3N3.HI/c1-20(2)14(21(3)4)19-11-5-6-12-7-9-13(10-8-12)15(16,17)18;/h7-10H,11H2,1-4H3;1H. The van der Waals surface area contributed by atoms with E-state index in [0.29, 0.717) is 5.56 Å². The van der Waals surface area contributed by atoms with Crippen molar-refractivity contribution in [2.75, 3.05) is 34.7 Å². The Kier molecular flexibility index (Phi) is 8.30. The topological polar surface area (TPSA) is 18.8 Å². The third kappa shape index (κ3) is 6.56. The Hall–Kier alpha value is -1.43. The normalized spacial score (nSPS) is 9.95. The number of nitrogens with zero attached hydrogens (tertiary/aromatic N) is 3. The number of aliphatic imine (C=N–C) groups is 1. The predicted octanol–water partition coefficient (Wildman–Crippen LogP) is 3.15. The fourth-order valence-electron chi connectivity index (χ4n) is 1.68. The van der Waals surface area contributed by atoms with Crippen LogP contribution in [0, 0.1) is 11.8 Å². The van der Waals surface area contributed by atoms with Gasteiger partial charge in [0.15, 0.2) is 5.96 Å². The Morgan fingerprint density at radius 2 is 1.55 bits per heavy atom. The summed E-state index contributed by atoms with van der Waals surface area (Å²) >= 11 is 0. The minimum Gasteiger partial charge on any atom is -0.349 e. The molecule has 1 rings (SSSR count). The summed E-state index contributed by atoms with van der Waals surface area (Å²) in [6.07, 6.45) is -4.32. The van der Waals surface area contributed by atoms with E-state index in [1.807, 2.05) is 38.0 Å². The van der Waals surface area contributed by atoms with E-state index in [1.165, 1.54) is 12.1 Å². The molecule has 1 aromatic rings. The lowest BCUT2D eigenvalue weighted by atomic mass is 10.1. The highest BCUT2D eigenvalue weighted by Gasteiger charge is 2.29. The fourth-order valence-corrected chi connectivity index (χ4v) is 1.68. The summed E-state index contributed by atoms with van der Waals surface area (Å²) in [4.78, 5) is 8.03. The van der Waals surface area contributed by atoms with Gasteiger partial charge in [0, 0.05) is 33.8 Å². The van der Waals surface area contributed by atoms with Gasteiger partial charge >= 0.3 is 6.18 Å². The Morgan fingerprint density at radius 3 is 1.95 bits per heavy atom. The van der Waals surface area contributed by atoms with Crippen LogP contribution in [0.15, 0.2) is 29.3 Å². The molecule has 0 aliphatic carbocycles. The first-order valence-electron chi connectivity index (χ1n) is 6.27. The average Bonchev–Trinajstić information content (AvgIpc) is 2.37. The van der Waals surface area contributed by atoms with E-state index in [-0.39, 0.29) is 30.5 Å². The van der Waals surface area contributed by atoms with Crippen molar-refractivity contribution in [1.82, 2.24) is 9.80 Å². The maximum Gasteiger partial charge on any atom is 0.416 e. The van der Waals surface area contributed by atoms with Crippen LogP contribution in [0.3, 0.4) is 0 Å². The number of guanidine groups is 1. The summed E-state index contributed by atoms with van der Waals surface area (Å²) in [5.41, 5.74) is -0.136. The Morgan fingerprint density at radius 1 is 1.05 bits per heavy atom. The number of halogens is 4. The zero-order valence-corrected chi connectivity index (χ0v) is 15.2. The van der Waals surface area contributed by atoms with E-state index in [0.717, 1.165) is 18.1 Å². The summed E-state index contributed by atoms with van der Waals surface area (Å²) in [6, 6.07) is 4.77. The third-order valence-electron chi connectivity index (χ3n) is 2.54. The minimum atomic E-state index is -4.32. The molecule has 0 fully saturated rings. The third-order valence-corrected chi connectivity index (χ3v) is 2.54. The molecule has 0 heterocycles. The molecule has 1 aromatic carbocycles. The van der Waals surface area contributed by atoms with Gasteiger partial charge in [0.2, 0.25) is 0 Å². The van der Waals surface area contributed by atoms with Gasteiger partial charge in [0.25, 0.3) is 0 Å². The first-order valence-corrected chi connectivity index (χ1v) is 6.27. The lowest BCUT2D eigenvalue weighted by Gasteiger charge is -2.22. The van der Waals surface area contributed by atoms with Gasteiger partial charge in [0.05, 0.1) is 5.56 Å². The smallest absolute Gasteiger partial charge is 0.349 e. The van der Waals surface area contributed by atoms with Gasteiger partial charge in [0.1, 0.15) is 6.54 Å². The zero-order chi connectivity index (χ0) is 16.0. The molecule has 0 unspecified atom stereocenters. The van der Waals surface area contributed by atoms with E-state index in [1.54, 1.807) is 0 Å². The monoisotopic (exact) mass is 425 g/mol. The second-order valence-corrected chi connectivity index (χ2v) is 4.78. The molecule has 7 heteroatoms. The molecule has 0 aromatic heterocycles. The van der Waals surface area contributed by atoms with Crippen molar-refractivity contribution < 1.29 is 13.2 Å².